The fourth-order valence-corrected chi connectivity index (χ4v) is 1.34. The van der Waals surface area contributed by atoms with E-state index >= 15 is 0 Å². The molecule has 1 rings (SSSR count). The standard InChI is InChI=1S/C11H17N3O2/c1-9(2)13-10(15)5-4-8-14-11(16)6-3-7-12-14/h3,6-7,9H,4-5,8H2,1-2H3,(H,13,15). The average Bonchev–Trinajstić information content (AvgIpc) is 2.19. The Labute approximate surface area is 94.5 Å². The third kappa shape index (κ3) is 4.25. The third-order valence-electron chi connectivity index (χ3n) is 2.01. The van der Waals surface area contributed by atoms with Crippen LogP contribution >= 0.6 is 0 Å². The highest BCUT2D eigenvalue weighted by atomic mass is 16.1. The first-order valence-electron chi connectivity index (χ1n) is 5.41. The molecule has 0 spiro atoms. The summed E-state index contributed by atoms with van der Waals surface area (Å²) >= 11 is 0. The van der Waals surface area contributed by atoms with Crippen LogP contribution in [0.3, 0.4) is 0 Å². The second kappa shape index (κ2) is 6.05. The minimum Gasteiger partial charge on any atom is -0.354 e. The molecule has 0 saturated heterocycles. The quantitative estimate of drug-likeness (QED) is 0.792. The predicted molar refractivity (Wildman–Crippen MR) is 61.0 cm³/mol. The highest BCUT2D eigenvalue weighted by molar-refractivity contribution is 5.76. The molecule has 1 aromatic rings. The lowest BCUT2D eigenvalue weighted by Crippen LogP contribution is -2.30. The van der Waals surface area contributed by atoms with Gasteiger partial charge >= 0.3 is 0 Å². The number of hydrogen-bond donors (Lipinski definition) is 1. The Morgan fingerprint density at radius 3 is 2.94 bits per heavy atom. The van der Waals surface area contributed by atoms with Gasteiger partial charge in [-0.25, -0.2) is 4.68 Å². The van der Waals surface area contributed by atoms with E-state index in [1.54, 1.807) is 12.3 Å². The van der Waals surface area contributed by atoms with Crippen LogP contribution in [0.4, 0.5) is 0 Å². The zero-order valence-corrected chi connectivity index (χ0v) is 9.64. The van der Waals surface area contributed by atoms with Crippen LogP contribution in [0, 0.1) is 0 Å². The minimum atomic E-state index is -0.133. The monoisotopic (exact) mass is 223 g/mol. The summed E-state index contributed by atoms with van der Waals surface area (Å²) in [6.07, 6.45) is 2.60. The molecule has 88 valence electrons. The smallest absolute Gasteiger partial charge is 0.266 e. The van der Waals surface area contributed by atoms with Crippen molar-refractivity contribution in [2.24, 2.45) is 0 Å². The Morgan fingerprint density at radius 1 is 1.56 bits per heavy atom. The summed E-state index contributed by atoms with van der Waals surface area (Å²) in [4.78, 5) is 22.6. The molecule has 0 unspecified atom stereocenters. The lowest BCUT2D eigenvalue weighted by molar-refractivity contribution is -0.121. The molecule has 1 heterocycles. The van der Waals surface area contributed by atoms with Crippen molar-refractivity contribution < 1.29 is 4.79 Å². The van der Waals surface area contributed by atoms with Gasteiger partial charge in [0.05, 0.1) is 0 Å². The van der Waals surface area contributed by atoms with Gasteiger partial charge in [-0.15, -0.1) is 0 Å². The summed E-state index contributed by atoms with van der Waals surface area (Å²) in [5.41, 5.74) is -0.133. The Morgan fingerprint density at radius 2 is 2.31 bits per heavy atom. The zero-order chi connectivity index (χ0) is 12.0. The Hall–Kier alpha value is -1.65. The molecular formula is C11H17N3O2. The van der Waals surface area contributed by atoms with Gasteiger partial charge in [-0.05, 0) is 26.3 Å². The molecule has 0 aromatic carbocycles. The van der Waals surface area contributed by atoms with Crippen LogP contribution in [-0.4, -0.2) is 21.7 Å². The van der Waals surface area contributed by atoms with Crippen LogP contribution in [0.25, 0.3) is 0 Å². The fraction of sp³-hybridized carbons (Fsp3) is 0.545. The van der Waals surface area contributed by atoms with E-state index in [4.69, 9.17) is 0 Å². The largest absolute Gasteiger partial charge is 0.354 e. The van der Waals surface area contributed by atoms with Gasteiger partial charge in [0.15, 0.2) is 0 Å². The van der Waals surface area contributed by atoms with E-state index < -0.39 is 0 Å². The topological polar surface area (TPSA) is 64.0 Å². The molecule has 1 N–H and O–H groups in total. The normalized spacial score (nSPS) is 10.4. The molecule has 5 nitrogen and oxygen atoms in total. The molecule has 5 heteroatoms. The first-order valence-corrected chi connectivity index (χ1v) is 5.41. The lowest BCUT2D eigenvalue weighted by atomic mass is 10.2. The maximum Gasteiger partial charge on any atom is 0.266 e. The van der Waals surface area contributed by atoms with E-state index in [-0.39, 0.29) is 17.5 Å². The van der Waals surface area contributed by atoms with E-state index in [1.807, 2.05) is 13.8 Å². The number of carbonyl (C=O) groups is 1. The molecule has 0 fully saturated rings. The van der Waals surface area contributed by atoms with Gasteiger partial charge in [0.2, 0.25) is 5.91 Å². The minimum absolute atomic E-state index is 0.0129. The molecule has 0 aliphatic heterocycles. The Balaban J connectivity index is 2.34. The van der Waals surface area contributed by atoms with E-state index in [2.05, 4.69) is 10.4 Å². The van der Waals surface area contributed by atoms with Gasteiger partial charge in [0.1, 0.15) is 0 Å². The van der Waals surface area contributed by atoms with Gasteiger partial charge in [-0.2, -0.15) is 5.10 Å². The first-order chi connectivity index (χ1) is 7.59. The van der Waals surface area contributed by atoms with Crippen molar-refractivity contribution in [3.63, 3.8) is 0 Å². The van der Waals surface area contributed by atoms with Crippen molar-refractivity contribution in [3.05, 3.63) is 28.7 Å². The summed E-state index contributed by atoms with van der Waals surface area (Å²) in [5, 5.41) is 6.71. The van der Waals surface area contributed by atoms with Crippen LogP contribution in [0.1, 0.15) is 26.7 Å². The highest BCUT2D eigenvalue weighted by Gasteiger charge is 2.03. The Bertz CT molecular complexity index is 398. The Kier molecular flexibility index (Phi) is 4.69. The number of nitrogens with one attached hydrogen (secondary N) is 1. The molecule has 16 heavy (non-hydrogen) atoms. The zero-order valence-electron chi connectivity index (χ0n) is 9.64. The predicted octanol–water partition coefficient (Wildman–Crippen LogP) is 0.548. The molecule has 0 aliphatic rings. The van der Waals surface area contributed by atoms with E-state index in [0.717, 1.165) is 0 Å². The summed E-state index contributed by atoms with van der Waals surface area (Å²) in [6.45, 7) is 4.31. The van der Waals surface area contributed by atoms with Gasteiger partial charge < -0.3 is 5.32 Å². The van der Waals surface area contributed by atoms with Gasteiger partial charge in [0, 0.05) is 31.3 Å². The molecular weight excluding hydrogens is 206 g/mol. The molecule has 0 radical (unpaired) electrons. The van der Waals surface area contributed by atoms with Crippen LogP contribution in [0.15, 0.2) is 23.1 Å². The number of aromatic nitrogens is 2. The van der Waals surface area contributed by atoms with E-state index in [1.165, 1.54) is 10.7 Å². The van der Waals surface area contributed by atoms with Crippen molar-refractivity contribution >= 4 is 5.91 Å². The van der Waals surface area contributed by atoms with E-state index in [0.29, 0.717) is 19.4 Å². The van der Waals surface area contributed by atoms with Crippen molar-refractivity contribution in [3.8, 4) is 0 Å². The van der Waals surface area contributed by atoms with Gasteiger partial charge in [0.25, 0.3) is 5.56 Å². The molecule has 1 aromatic heterocycles. The summed E-state index contributed by atoms with van der Waals surface area (Å²) < 4.78 is 1.36. The highest BCUT2D eigenvalue weighted by Crippen LogP contribution is 1.92. The van der Waals surface area contributed by atoms with Crippen LogP contribution < -0.4 is 10.9 Å². The van der Waals surface area contributed by atoms with E-state index in [9.17, 15) is 9.59 Å². The summed E-state index contributed by atoms with van der Waals surface area (Å²) in [7, 11) is 0. The van der Waals surface area contributed by atoms with Gasteiger partial charge in [-0.3, -0.25) is 9.59 Å². The molecule has 1 amide bonds. The van der Waals surface area contributed by atoms with Crippen molar-refractivity contribution in [1.29, 1.82) is 0 Å². The number of carbonyl (C=O) groups excluding carboxylic acids is 1. The maximum absolute atomic E-state index is 11.3. The molecule has 0 bridgehead atoms. The second-order valence-electron chi connectivity index (χ2n) is 3.91. The van der Waals surface area contributed by atoms with Crippen molar-refractivity contribution in [2.45, 2.75) is 39.3 Å². The maximum atomic E-state index is 11.3. The number of aryl methyl sites for hydroxylation is 1. The number of rotatable bonds is 5. The molecule has 0 atom stereocenters. The third-order valence-corrected chi connectivity index (χ3v) is 2.01. The van der Waals surface area contributed by atoms with Crippen LogP contribution in [0.5, 0.6) is 0 Å². The SMILES string of the molecule is CC(C)NC(=O)CCCn1ncccc1=O. The fourth-order valence-electron chi connectivity index (χ4n) is 1.34. The first kappa shape index (κ1) is 12.4. The number of nitrogens with zero attached hydrogens (tertiary/aromatic N) is 2. The number of hydrogen-bond acceptors (Lipinski definition) is 3. The van der Waals surface area contributed by atoms with Gasteiger partial charge in [-0.1, -0.05) is 0 Å². The summed E-state index contributed by atoms with van der Waals surface area (Å²) in [6, 6.07) is 3.22. The van der Waals surface area contributed by atoms with Crippen LogP contribution in [-0.2, 0) is 11.3 Å². The number of amides is 1. The lowest BCUT2D eigenvalue weighted by Gasteiger charge is -2.08. The average molecular weight is 223 g/mol. The summed E-state index contributed by atoms with van der Waals surface area (Å²) in [5.74, 6) is 0.0129. The van der Waals surface area contributed by atoms with Crippen molar-refractivity contribution in [2.75, 3.05) is 0 Å². The molecule has 0 aliphatic carbocycles. The van der Waals surface area contributed by atoms with Crippen LogP contribution in [0.2, 0.25) is 0 Å². The second-order valence-corrected chi connectivity index (χ2v) is 3.91. The molecule has 0 saturated carbocycles. The van der Waals surface area contributed by atoms with Crippen molar-refractivity contribution in [1.82, 2.24) is 15.1 Å².